The van der Waals surface area contributed by atoms with Crippen molar-refractivity contribution in [2.24, 2.45) is 0 Å². The number of aromatic nitrogens is 3. The maximum absolute atomic E-state index is 11.5. The number of sulfone groups is 1. The van der Waals surface area contributed by atoms with Crippen molar-refractivity contribution >= 4 is 15.8 Å². The second-order valence-electron chi connectivity index (χ2n) is 5.72. The van der Waals surface area contributed by atoms with Crippen LogP contribution in [0.3, 0.4) is 0 Å². The van der Waals surface area contributed by atoms with Gasteiger partial charge in [0.25, 0.3) is 5.97 Å². The molecule has 2 aromatic heterocycles. The quantitative estimate of drug-likeness (QED) is 0.889. The molecule has 0 amide bonds. The summed E-state index contributed by atoms with van der Waals surface area (Å²) in [5.41, 5.74) is 1.78. The van der Waals surface area contributed by atoms with E-state index in [4.69, 9.17) is 9.90 Å². The molecular weight excluding hydrogens is 330 g/mol. The Morgan fingerprint density at radius 1 is 1.29 bits per heavy atom. The van der Waals surface area contributed by atoms with E-state index in [-0.39, 0.29) is 17.5 Å². The molecule has 2 aromatic rings. The van der Waals surface area contributed by atoms with Gasteiger partial charge in [-0.2, -0.15) is 0 Å². The van der Waals surface area contributed by atoms with Crippen LogP contribution >= 0.6 is 0 Å². The number of nitrogens with zero attached hydrogens (tertiary/aromatic N) is 3. The standard InChI is InChI=1S/C14H17N3O2S.C2H4O2/c1-11-3-2-4-13(16-11)14-15-7-8-17(14)12-5-9-20(18,19)10-6-12;1-2(3)4/h2-4,7-8,12H,5-6,9-10H2,1H3;1H3,(H,3,4). The van der Waals surface area contributed by atoms with Crippen molar-refractivity contribution in [3.63, 3.8) is 0 Å². The molecule has 3 rings (SSSR count). The van der Waals surface area contributed by atoms with Gasteiger partial charge >= 0.3 is 0 Å². The van der Waals surface area contributed by atoms with E-state index < -0.39 is 15.8 Å². The second kappa shape index (κ2) is 7.57. The minimum Gasteiger partial charge on any atom is -0.481 e. The van der Waals surface area contributed by atoms with Gasteiger partial charge in [-0.15, -0.1) is 0 Å². The molecule has 1 saturated heterocycles. The van der Waals surface area contributed by atoms with Crippen LogP contribution < -0.4 is 0 Å². The highest BCUT2D eigenvalue weighted by Gasteiger charge is 2.26. The molecule has 3 heterocycles. The molecular formula is C16H21N3O4S. The summed E-state index contributed by atoms with van der Waals surface area (Å²) in [6.07, 6.45) is 4.97. The Bertz CT molecular complexity index is 796. The van der Waals surface area contributed by atoms with E-state index in [1.165, 1.54) is 0 Å². The molecule has 0 unspecified atom stereocenters. The van der Waals surface area contributed by atoms with E-state index in [0.717, 1.165) is 24.1 Å². The fourth-order valence-corrected chi connectivity index (χ4v) is 4.10. The third-order valence-corrected chi connectivity index (χ3v) is 5.42. The Balaban J connectivity index is 0.000000471. The summed E-state index contributed by atoms with van der Waals surface area (Å²) < 4.78 is 25.1. The molecule has 0 bridgehead atoms. The number of pyridine rings is 1. The number of aliphatic carboxylic acids is 1. The first-order chi connectivity index (χ1) is 11.3. The third-order valence-electron chi connectivity index (χ3n) is 3.70. The van der Waals surface area contributed by atoms with Crippen LogP contribution in [0.4, 0.5) is 0 Å². The molecule has 8 heteroatoms. The summed E-state index contributed by atoms with van der Waals surface area (Å²) in [5.74, 6) is 0.505. The van der Waals surface area contributed by atoms with Crippen LogP contribution in [0.5, 0.6) is 0 Å². The predicted molar refractivity (Wildman–Crippen MR) is 90.4 cm³/mol. The van der Waals surface area contributed by atoms with Gasteiger partial charge in [-0.3, -0.25) is 4.79 Å². The maximum atomic E-state index is 11.5. The average Bonchev–Trinajstić information content (AvgIpc) is 2.96. The number of rotatable bonds is 2. The monoisotopic (exact) mass is 351 g/mol. The van der Waals surface area contributed by atoms with Crippen molar-refractivity contribution in [2.75, 3.05) is 11.5 Å². The summed E-state index contributed by atoms with van der Waals surface area (Å²) in [6, 6.07) is 6.04. The topological polar surface area (TPSA) is 102 Å². The molecule has 24 heavy (non-hydrogen) atoms. The zero-order chi connectivity index (χ0) is 17.7. The molecule has 7 nitrogen and oxygen atoms in total. The number of carbonyl (C=O) groups is 1. The van der Waals surface area contributed by atoms with Crippen molar-refractivity contribution in [3.05, 3.63) is 36.3 Å². The smallest absolute Gasteiger partial charge is 0.300 e. The fourth-order valence-electron chi connectivity index (χ4n) is 2.63. The highest BCUT2D eigenvalue weighted by molar-refractivity contribution is 7.91. The summed E-state index contributed by atoms with van der Waals surface area (Å²) in [4.78, 5) is 17.9. The number of carboxylic acids is 1. The number of carboxylic acid groups (broad SMARTS) is 1. The molecule has 130 valence electrons. The second-order valence-corrected chi connectivity index (χ2v) is 8.03. The summed E-state index contributed by atoms with van der Waals surface area (Å²) in [5, 5.41) is 7.42. The average molecular weight is 351 g/mol. The Morgan fingerprint density at radius 3 is 2.50 bits per heavy atom. The lowest BCUT2D eigenvalue weighted by atomic mass is 10.1. The van der Waals surface area contributed by atoms with Gasteiger partial charge < -0.3 is 9.67 Å². The molecule has 1 N–H and O–H groups in total. The highest BCUT2D eigenvalue weighted by atomic mass is 32.2. The first kappa shape index (κ1) is 18.1. The minimum atomic E-state index is -2.84. The Morgan fingerprint density at radius 2 is 1.92 bits per heavy atom. The van der Waals surface area contributed by atoms with Crippen molar-refractivity contribution in [1.29, 1.82) is 0 Å². The lowest BCUT2D eigenvalue weighted by Crippen LogP contribution is -2.25. The van der Waals surface area contributed by atoms with E-state index in [1.807, 2.05) is 31.3 Å². The molecule has 0 saturated carbocycles. The molecule has 1 aliphatic rings. The van der Waals surface area contributed by atoms with Crippen molar-refractivity contribution in [2.45, 2.75) is 32.7 Å². The van der Waals surface area contributed by atoms with E-state index in [2.05, 4.69) is 14.5 Å². The van der Waals surface area contributed by atoms with Crippen molar-refractivity contribution in [1.82, 2.24) is 14.5 Å². The van der Waals surface area contributed by atoms with Crippen LogP contribution in [0, 0.1) is 6.92 Å². The van der Waals surface area contributed by atoms with Crippen molar-refractivity contribution in [3.8, 4) is 11.5 Å². The van der Waals surface area contributed by atoms with Crippen LogP contribution in [0.1, 0.15) is 31.5 Å². The molecule has 1 aliphatic heterocycles. The summed E-state index contributed by atoms with van der Waals surface area (Å²) >= 11 is 0. The Labute approximate surface area is 141 Å². The Hall–Kier alpha value is -2.22. The molecule has 0 radical (unpaired) electrons. The van der Waals surface area contributed by atoms with Gasteiger partial charge in [-0.05, 0) is 31.9 Å². The van der Waals surface area contributed by atoms with Gasteiger partial charge in [0.1, 0.15) is 15.5 Å². The van der Waals surface area contributed by atoms with Crippen molar-refractivity contribution < 1.29 is 18.3 Å². The van der Waals surface area contributed by atoms with Crippen LogP contribution in [0.25, 0.3) is 11.5 Å². The van der Waals surface area contributed by atoms with Gasteiger partial charge in [0.15, 0.2) is 5.82 Å². The van der Waals surface area contributed by atoms with Crippen LogP contribution in [0.2, 0.25) is 0 Å². The number of imidazole rings is 1. The fraction of sp³-hybridized carbons (Fsp3) is 0.438. The van der Waals surface area contributed by atoms with Gasteiger partial charge in [0, 0.05) is 31.1 Å². The number of hydrogen-bond donors (Lipinski definition) is 1. The normalized spacial score (nSPS) is 16.9. The molecule has 1 fully saturated rings. The highest BCUT2D eigenvalue weighted by Crippen LogP contribution is 2.28. The molecule has 0 aromatic carbocycles. The summed E-state index contributed by atoms with van der Waals surface area (Å²) in [7, 11) is -2.84. The number of aryl methyl sites for hydroxylation is 1. The lowest BCUT2D eigenvalue weighted by molar-refractivity contribution is -0.134. The van der Waals surface area contributed by atoms with E-state index >= 15 is 0 Å². The SMILES string of the molecule is CC(=O)O.Cc1cccc(-c2nccn2C2CCS(=O)(=O)CC2)n1. The van der Waals surface area contributed by atoms with Gasteiger partial charge in [-0.25, -0.2) is 18.4 Å². The van der Waals surface area contributed by atoms with Crippen LogP contribution in [-0.4, -0.2) is 45.5 Å². The van der Waals surface area contributed by atoms with Crippen LogP contribution in [0.15, 0.2) is 30.6 Å². The molecule has 0 spiro atoms. The number of hydrogen-bond acceptors (Lipinski definition) is 5. The van der Waals surface area contributed by atoms with Gasteiger partial charge in [0.2, 0.25) is 0 Å². The maximum Gasteiger partial charge on any atom is 0.300 e. The minimum absolute atomic E-state index is 0.193. The van der Waals surface area contributed by atoms with Gasteiger partial charge in [0.05, 0.1) is 11.5 Å². The Kier molecular flexibility index (Phi) is 5.71. The van der Waals surface area contributed by atoms with E-state index in [9.17, 15) is 8.42 Å². The first-order valence-corrected chi connectivity index (χ1v) is 9.47. The third kappa shape index (κ3) is 4.89. The van der Waals surface area contributed by atoms with Crippen LogP contribution in [-0.2, 0) is 14.6 Å². The predicted octanol–water partition coefficient (Wildman–Crippen LogP) is 2.09. The zero-order valence-electron chi connectivity index (χ0n) is 13.7. The van der Waals surface area contributed by atoms with E-state index in [1.54, 1.807) is 6.20 Å². The van der Waals surface area contributed by atoms with Gasteiger partial charge in [-0.1, -0.05) is 6.07 Å². The lowest BCUT2D eigenvalue weighted by Gasteiger charge is -2.24. The molecule has 0 aliphatic carbocycles. The van der Waals surface area contributed by atoms with E-state index in [0.29, 0.717) is 12.8 Å². The first-order valence-electron chi connectivity index (χ1n) is 7.65. The molecule has 0 atom stereocenters. The summed E-state index contributed by atoms with van der Waals surface area (Å²) in [6.45, 7) is 3.03. The largest absolute Gasteiger partial charge is 0.481 e. The zero-order valence-corrected chi connectivity index (χ0v) is 14.5.